The van der Waals surface area contributed by atoms with Crippen LogP contribution in [0.15, 0.2) is 28.7 Å². The summed E-state index contributed by atoms with van der Waals surface area (Å²) in [6, 6.07) is 6.99. The molecular weight excluding hydrogens is 362 g/mol. The van der Waals surface area contributed by atoms with Gasteiger partial charge in [0.15, 0.2) is 0 Å². The normalized spacial score (nSPS) is 21.2. The minimum Gasteiger partial charge on any atom is -0.465 e. The number of esters is 2. The number of nitrogens with zero attached hydrogens (tertiary/aromatic N) is 1. The van der Waals surface area contributed by atoms with Crippen LogP contribution in [0.2, 0.25) is 0 Å². The molecule has 0 radical (unpaired) electrons. The molecule has 6 heteroatoms. The lowest BCUT2D eigenvalue weighted by molar-refractivity contribution is -0.153. The molecule has 1 aliphatic heterocycles. The molecule has 1 saturated heterocycles. The fraction of sp³-hybridized carbons (Fsp3) is 0.529. The molecule has 0 saturated carbocycles. The highest BCUT2D eigenvalue weighted by Gasteiger charge is 2.43. The highest BCUT2D eigenvalue weighted by molar-refractivity contribution is 9.10. The molecule has 0 aromatic heterocycles. The minimum atomic E-state index is -0.406. The van der Waals surface area contributed by atoms with Gasteiger partial charge in [-0.05, 0) is 38.3 Å². The molecule has 2 atom stereocenters. The summed E-state index contributed by atoms with van der Waals surface area (Å²) >= 11 is 3.52. The van der Waals surface area contributed by atoms with Crippen LogP contribution in [0.25, 0.3) is 0 Å². The fourth-order valence-electron chi connectivity index (χ4n) is 2.89. The van der Waals surface area contributed by atoms with Gasteiger partial charge >= 0.3 is 11.9 Å². The Morgan fingerprint density at radius 1 is 1.09 bits per heavy atom. The first-order chi connectivity index (χ1) is 11.1. The van der Waals surface area contributed by atoms with Crippen LogP contribution in [-0.2, 0) is 25.6 Å². The summed E-state index contributed by atoms with van der Waals surface area (Å²) in [6.45, 7) is 4.74. The van der Waals surface area contributed by atoms with Crippen LogP contribution in [0.5, 0.6) is 0 Å². The average molecular weight is 384 g/mol. The van der Waals surface area contributed by atoms with Gasteiger partial charge in [0.2, 0.25) is 0 Å². The third kappa shape index (κ3) is 4.32. The van der Waals surface area contributed by atoms with Gasteiger partial charge in [0.1, 0.15) is 12.1 Å². The molecule has 0 aliphatic carbocycles. The second-order valence-corrected chi connectivity index (χ2v) is 6.23. The van der Waals surface area contributed by atoms with Crippen LogP contribution in [-0.4, -0.2) is 42.1 Å². The number of ether oxygens (including phenoxy) is 2. The van der Waals surface area contributed by atoms with E-state index in [1.54, 1.807) is 13.8 Å². The lowest BCUT2D eigenvalue weighted by Gasteiger charge is -2.28. The van der Waals surface area contributed by atoms with Crippen molar-refractivity contribution in [2.75, 3.05) is 13.2 Å². The molecule has 0 N–H and O–H groups in total. The summed E-state index contributed by atoms with van der Waals surface area (Å²) in [4.78, 5) is 26.4. The average Bonchev–Trinajstić information content (AvgIpc) is 2.94. The third-order valence-corrected chi connectivity index (χ3v) is 4.72. The van der Waals surface area contributed by atoms with Crippen molar-refractivity contribution < 1.29 is 19.1 Å². The largest absolute Gasteiger partial charge is 0.465 e. The van der Waals surface area contributed by atoms with E-state index in [0.29, 0.717) is 32.6 Å². The van der Waals surface area contributed by atoms with Gasteiger partial charge in [0, 0.05) is 11.0 Å². The van der Waals surface area contributed by atoms with E-state index in [0.717, 1.165) is 10.0 Å². The van der Waals surface area contributed by atoms with Gasteiger partial charge in [0.25, 0.3) is 0 Å². The maximum atomic E-state index is 12.2. The van der Waals surface area contributed by atoms with Crippen LogP contribution in [0.4, 0.5) is 0 Å². The molecule has 1 heterocycles. The Bertz CT molecular complexity index is 537. The molecule has 1 aromatic carbocycles. The predicted molar refractivity (Wildman–Crippen MR) is 89.8 cm³/mol. The Kier molecular flexibility index (Phi) is 6.59. The van der Waals surface area contributed by atoms with E-state index in [9.17, 15) is 9.59 Å². The van der Waals surface area contributed by atoms with Crippen molar-refractivity contribution in [2.45, 2.75) is 45.3 Å². The first-order valence-electron chi connectivity index (χ1n) is 7.90. The van der Waals surface area contributed by atoms with Crippen molar-refractivity contribution in [2.24, 2.45) is 0 Å². The number of hydrogen-bond acceptors (Lipinski definition) is 5. The lowest BCUT2D eigenvalue weighted by Crippen LogP contribution is -2.45. The topological polar surface area (TPSA) is 55.8 Å². The van der Waals surface area contributed by atoms with Crippen molar-refractivity contribution in [3.63, 3.8) is 0 Å². The van der Waals surface area contributed by atoms with Gasteiger partial charge in [-0.1, -0.05) is 34.1 Å². The second-order valence-electron chi connectivity index (χ2n) is 5.38. The standard InChI is InChI=1S/C17H22BrNO4/c1-3-22-16(20)14-9-10-15(17(21)23-4-2)19(14)11-12-7-5-6-8-13(12)18/h5-8,14-15H,3-4,9-11H2,1-2H3/t14-,15-/m1/s1. The monoisotopic (exact) mass is 383 g/mol. The summed E-state index contributed by atoms with van der Waals surface area (Å²) in [6.07, 6.45) is 1.21. The van der Waals surface area contributed by atoms with E-state index in [4.69, 9.17) is 9.47 Å². The summed E-state index contributed by atoms with van der Waals surface area (Å²) in [7, 11) is 0. The molecular formula is C17H22BrNO4. The highest BCUT2D eigenvalue weighted by Crippen LogP contribution is 2.30. The van der Waals surface area contributed by atoms with E-state index >= 15 is 0 Å². The number of carbonyl (C=O) groups is 2. The molecule has 0 unspecified atom stereocenters. The summed E-state index contributed by atoms with van der Waals surface area (Å²) in [5.41, 5.74) is 1.03. The number of carbonyl (C=O) groups excluding carboxylic acids is 2. The predicted octanol–water partition coefficient (Wildman–Crippen LogP) is 2.91. The van der Waals surface area contributed by atoms with Crippen LogP contribution in [0.1, 0.15) is 32.3 Å². The SMILES string of the molecule is CCOC(=O)[C@H]1CC[C@H](C(=O)OCC)N1Cc1ccccc1Br. The van der Waals surface area contributed by atoms with Crippen LogP contribution in [0.3, 0.4) is 0 Å². The van der Waals surface area contributed by atoms with E-state index in [2.05, 4.69) is 15.9 Å². The van der Waals surface area contributed by atoms with Crippen LogP contribution >= 0.6 is 15.9 Å². The Balaban J connectivity index is 2.22. The molecule has 23 heavy (non-hydrogen) atoms. The van der Waals surface area contributed by atoms with Gasteiger partial charge < -0.3 is 9.47 Å². The number of rotatable bonds is 6. The van der Waals surface area contributed by atoms with Crippen LogP contribution < -0.4 is 0 Å². The van der Waals surface area contributed by atoms with Crippen molar-refractivity contribution in [1.29, 1.82) is 0 Å². The van der Waals surface area contributed by atoms with Gasteiger partial charge in [-0.2, -0.15) is 0 Å². The Morgan fingerprint density at radius 2 is 1.61 bits per heavy atom. The maximum Gasteiger partial charge on any atom is 0.323 e. The zero-order chi connectivity index (χ0) is 16.8. The zero-order valence-corrected chi connectivity index (χ0v) is 15.0. The number of halogens is 1. The van der Waals surface area contributed by atoms with Crippen molar-refractivity contribution >= 4 is 27.9 Å². The van der Waals surface area contributed by atoms with E-state index in [1.165, 1.54) is 0 Å². The quantitative estimate of drug-likeness (QED) is 0.706. The molecule has 0 bridgehead atoms. The van der Waals surface area contributed by atoms with E-state index < -0.39 is 12.1 Å². The minimum absolute atomic E-state index is 0.272. The zero-order valence-electron chi connectivity index (χ0n) is 13.5. The Morgan fingerprint density at radius 3 is 2.09 bits per heavy atom. The highest BCUT2D eigenvalue weighted by atomic mass is 79.9. The van der Waals surface area contributed by atoms with Crippen molar-refractivity contribution in [3.05, 3.63) is 34.3 Å². The smallest absolute Gasteiger partial charge is 0.323 e. The van der Waals surface area contributed by atoms with E-state index in [1.807, 2.05) is 29.2 Å². The first kappa shape index (κ1) is 17.9. The second kappa shape index (κ2) is 8.45. The van der Waals surface area contributed by atoms with Gasteiger partial charge in [-0.3, -0.25) is 14.5 Å². The summed E-state index contributed by atoms with van der Waals surface area (Å²) in [5, 5.41) is 0. The van der Waals surface area contributed by atoms with E-state index in [-0.39, 0.29) is 11.9 Å². The molecule has 1 aromatic rings. The fourth-order valence-corrected chi connectivity index (χ4v) is 3.30. The lowest BCUT2D eigenvalue weighted by atomic mass is 10.2. The maximum absolute atomic E-state index is 12.2. The molecule has 0 spiro atoms. The van der Waals surface area contributed by atoms with Gasteiger partial charge in [0.05, 0.1) is 13.2 Å². The summed E-state index contributed by atoms with van der Waals surface area (Å²) in [5.74, 6) is -0.544. The molecule has 5 nitrogen and oxygen atoms in total. The number of benzene rings is 1. The Hall–Kier alpha value is -1.40. The van der Waals surface area contributed by atoms with Crippen molar-refractivity contribution in [3.8, 4) is 0 Å². The van der Waals surface area contributed by atoms with Gasteiger partial charge in [-0.15, -0.1) is 0 Å². The molecule has 1 fully saturated rings. The molecule has 2 rings (SSSR count). The molecule has 1 aliphatic rings. The number of likely N-dealkylation sites (tertiary alicyclic amines) is 1. The number of hydrogen-bond donors (Lipinski definition) is 0. The first-order valence-corrected chi connectivity index (χ1v) is 8.70. The Labute approximate surface area is 145 Å². The van der Waals surface area contributed by atoms with Crippen LogP contribution in [0, 0.1) is 0 Å². The summed E-state index contributed by atoms with van der Waals surface area (Å²) < 4.78 is 11.3. The van der Waals surface area contributed by atoms with Gasteiger partial charge in [-0.25, -0.2) is 0 Å². The molecule has 126 valence electrons. The molecule has 0 amide bonds. The van der Waals surface area contributed by atoms with Crippen molar-refractivity contribution in [1.82, 2.24) is 4.90 Å². The third-order valence-electron chi connectivity index (χ3n) is 3.94.